The number of hydrogen-bond acceptors (Lipinski definition) is 3. The molecule has 4 rings (SSSR count). The Morgan fingerprint density at radius 2 is 1.90 bits per heavy atom. The first-order chi connectivity index (χ1) is 13.9. The lowest BCUT2D eigenvalue weighted by molar-refractivity contribution is 0.182. The normalized spacial score (nSPS) is 14.9. The molecule has 29 heavy (non-hydrogen) atoms. The monoisotopic (exact) mass is 398 g/mol. The highest BCUT2D eigenvalue weighted by Gasteiger charge is 2.25. The van der Waals surface area contributed by atoms with Gasteiger partial charge in [0.25, 0.3) is 5.56 Å². The molecule has 2 amide bonds. The van der Waals surface area contributed by atoms with Crippen molar-refractivity contribution < 1.29 is 13.6 Å². The summed E-state index contributed by atoms with van der Waals surface area (Å²) in [6.07, 6.45) is 2.62. The lowest BCUT2D eigenvalue weighted by atomic mass is 10.0. The molecule has 1 saturated heterocycles. The van der Waals surface area contributed by atoms with Crippen LogP contribution in [-0.2, 0) is 0 Å². The van der Waals surface area contributed by atoms with Gasteiger partial charge in [0.15, 0.2) is 0 Å². The molecule has 8 heteroatoms. The number of anilines is 1. The Bertz CT molecular complexity index is 1140. The lowest BCUT2D eigenvalue weighted by Gasteiger charge is -2.32. The summed E-state index contributed by atoms with van der Waals surface area (Å²) in [5, 5.41) is 2.95. The van der Waals surface area contributed by atoms with Gasteiger partial charge in [-0.15, -0.1) is 0 Å². The second-order valence-electron chi connectivity index (χ2n) is 7.23. The molecule has 0 bridgehead atoms. The Kier molecular flexibility index (Phi) is 5.00. The van der Waals surface area contributed by atoms with Gasteiger partial charge in [0.2, 0.25) is 0 Å². The van der Waals surface area contributed by atoms with Crippen molar-refractivity contribution in [3.8, 4) is 0 Å². The molecule has 0 aliphatic carbocycles. The molecule has 1 N–H and O–H groups in total. The molecule has 1 fully saturated rings. The van der Waals surface area contributed by atoms with Crippen LogP contribution in [0.15, 0.2) is 47.5 Å². The molecule has 1 aromatic heterocycles. The largest absolute Gasteiger partial charge is 0.324 e. The number of benzene rings is 2. The topological polar surface area (TPSA) is 67.2 Å². The van der Waals surface area contributed by atoms with Crippen LogP contribution in [-0.4, -0.2) is 33.6 Å². The van der Waals surface area contributed by atoms with Gasteiger partial charge < -0.3 is 10.2 Å². The molecule has 1 aliphatic rings. The van der Waals surface area contributed by atoms with Crippen LogP contribution >= 0.6 is 0 Å². The SMILES string of the molecule is Cc1ccc(NC(=O)N2CCC(n3cnc4ccc(F)cc4c3=O)CC2)cc1F. The third kappa shape index (κ3) is 3.83. The van der Waals surface area contributed by atoms with E-state index in [1.54, 1.807) is 24.0 Å². The summed E-state index contributed by atoms with van der Waals surface area (Å²) in [4.78, 5) is 31.1. The highest BCUT2D eigenvalue weighted by atomic mass is 19.1. The summed E-state index contributed by atoms with van der Waals surface area (Å²) in [5.41, 5.74) is 1.08. The quantitative estimate of drug-likeness (QED) is 0.713. The van der Waals surface area contributed by atoms with Crippen LogP contribution in [0.3, 0.4) is 0 Å². The number of likely N-dealkylation sites (tertiary alicyclic amines) is 1. The summed E-state index contributed by atoms with van der Waals surface area (Å²) in [6, 6.07) is 8.08. The van der Waals surface area contributed by atoms with E-state index in [4.69, 9.17) is 0 Å². The van der Waals surface area contributed by atoms with E-state index in [-0.39, 0.29) is 28.8 Å². The first-order valence-corrected chi connectivity index (χ1v) is 9.41. The number of piperidine rings is 1. The predicted molar refractivity (Wildman–Crippen MR) is 106 cm³/mol. The molecule has 0 radical (unpaired) electrons. The van der Waals surface area contributed by atoms with Gasteiger partial charge in [0.05, 0.1) is 17.2 Å². The Labute approximate surface area is 165 Å². The van der Waals surface area contributed by atoms with E-state index < -0.39 is 5.82 Å². The number of halogens is 2. The Balaban J connectivity index is 1.44. The summed E-state index contributed by atoms with van der Waals surface area (Å²) in [7, 11) is 0. The average Bonchev–Trinajstić information content (AvgIpc) is 2.72. The number of rotatable bonds is 2. The van der Waals surface area contributed by atoms with E-state index in [0.717, 1.165) is 0 Å². The van der Waals surface area contributed by atoms with Crippen molar-refractivity contribution in [1.82, 2.24) is 14.5 Å². The van der Waals surface area contributed by atoms with E-state index in [2.05, 4.69) is 10.3 Å². The van der Waals surface area contributed by atoms with E-state index in [0.29, 0.717) is 42.7 Å². The molecule has 0 unspecified atom stereocenters. The smallest absolute Gasteiger partial charge is 0.321 e. The third-order valence-electron chi connectivity index (χ3n) is 5.31. The zero-order chi connectivity index (χ0) is 20.5. The van der Waals surface area contributed by atoms with Crippen molar-refractivity contribution >= 4 is 22.6 Å². The fourth-order valence-corrected chi connectivity index (χ4v) is 3.59. The average molecular weight is 398 g/mol. The van der Waals surface area contributed by atoms with Crippen LogP contribution in [0.5, 0.6) is 0 Å². The number of carbonyl (C=O) groups is 1. The maximum absolute atomic E-state index is 13.7. The standard InChI is InChI=1S/C21H20F2N4O2/c1-13-2-4-15(11-18(13)23)25-21(29)26-8-6-16(7-9-26)27-12-24-19-5-3-14(22)10-17(19)20(27)28/h2-5,10-12,16H,6-9H2,1H3,(H,25,29). The van der Waals surface area contributed by atoms with Gasteiger partial charge in [-0.25, -0.2) is 18.6 Å². The van der Waals surface area contributed by atoms with Crippen LogP contribution in [0.25, 0.3) is 10.9 Å². The van der Waals surface area contributed by atoms with E-state index >= 15 is 0 Å². The maximum atomic E-state index is 13.7. The van der Waals surface area contributed by atoms with Crippen molar-refractivity contribution in [2.24, 2.45) is 0 Å². The number of nitrogens with one attached hydrogen (secondary N) is 1. The third-order valence-corrected chi connectivity index (χ3v) is 5.31. The van der Waals surface area contributed by atoms with Gasteiger partial charge >= 0.3 is 6.03 Å². The first-order valence-electron chi connectivity index (χ1n) is 9.41. The molecular formula is C21H20F2N4O2. The summed E-state index contributed by atoms with van der Waals surface area (Å²) in [5.74, 6) is -0.852. The number of amides is 2. The van der Waals surface area contributed by atoms with Crippen LogP contribution in [0.2, 0.25) is 0 Å². The van der Waals surface area contributed by atoms with Crippen LogP contribution < -0.4 is 10.9 Å². The van der Waals surface area contributed by atoms with Crippen molar-refractivity contribution in [3.05, 3.63) is 70.3 Å². The number of hydrogen-bond donors (Lipinski definition) is 1. The van der Waals surface area contributed by atoms with Crippen molar-refractivity contribution in [2.45, 2.75) is 25.8 Å². The van der Waals surface area contributed by atoms with Gasteiger partial charge in [-0.1, -0.05) is 6.07 Å². The van der Waals surface area contributed by atoms with E-state index in [1.807, 2.05) is 0 Å². The van der Waals surface area contributed by atoms with Gasteiger partial charge in [-0.3, -0.25) is 9.36 Å². The van der Waals surface area contributed by atoms with Crippen LogP contribution in [0, 0.1) is 18.6 Å². The molecule has 0 saturated carbocycles. The Morgan fingerprint density at radius 1 is 1.14 bits per heavy atom. The molecular weight excluding hydrogens is 378 g/mol. The predicted octanol–water partition coefficient (Wildman–Crippen LogP) is 3.85. The zero-order valence-electron chi connectivity index (χ0n) is 15.9. The molecule has 2 aromatic carbocycles. The highest BCUT2D eigenvalue weighted by molar-refractivity contribution is 5.89. The van der Waals surface area contributed by atoms with Crippen molar-refractivity contribution in [1.29, 1.82) is 0 Å². The van der Waals surface area contributed by atoms with Crippen molar-refractivity contribution in [2.75, 3.05) is 18.4 Å². The Hall–Kier alpha value is -3.29. The van der Waals surface area contributed by atoms with Gasteiger partial charge in [0.1, 0.15) is 11.6 Å². The molecule has 3 aromatic rings. The second kappa shape index (κ2) is 7.62. The number of urea groups is 1. The zero-order valence-corrected chi connectivity index (χ0v) is 15.9. The molecule has 6 nitrogen and oxygen atoms in total. The Morgan fingerprint density at radius 3 is 2.62 bits per heavy atom. The van der Waals surface area contributed by atoms with Crippen LogP contribution in [0.4, 0.5) is 19.3 Å². The van der Waals surface area contributed by atoms with Crippen LogP contribution in [0.1, 0.15) is 24.4 Å². The summed E-state index contributed by atoms with van der Waals surface area (Å²) >= 11 is 0. The number of fused-ring (bicyclic) bond motifs is 1. The maximum Gasteiger partial charge on any atom is 0.321 e. The fourth-order valence-electron chi connectivity index (χ4n) is 3.59. The molecule has 0 spiro atoms. The summed E-state index contributed by atoms with van der Waals surface area (Å²) < 4.78 is 28.7. The number of aryl methyl sites for hydroxylation is 1. The lowest BCUT2D eigenvalue weighted by Crippen LogP contribution is -2.42. The van der Waals surface area contributed by atoms with Gasteiger partial charge in [-0.2, -0.15) is 0 Å². The van der Waals surface area contributed by atoms with Crippen molar-refractivity contribution in [3.63, 3.8) is 0 Å². The van der Waals surface area contributed by atoms with E-state index in [1.165, 1.54) is 35.2 Å². The number of aromatic nitrogens is 2. The first kappa shape index (κ1) is 19.0. The molecule has 1 aliphatic heterocycles. The van der Waals surface area contributed by atoms with Gasteiger partial charge in [-0.05, 0) is 55.7 Å². The minimum Gasteiger partial charge on any atom is -0.324 e. The highest BCUT2D eigenvalue weighted by Crippen LogP contribution is 2.23. The molecule has 150 valence electrons. The molecule has 0 atom stereocenters. The number of carbonyl (C=O) groups excluding carboxylic acids is 1. The van der Waals surface area contributed by atoms with E-state index in [9.17, 15) is 18.4 Å². The molecule has 2 heterocycles. The number of nitrogens with zero attached hydrogens (tertiary/aromatic N) is 3. The minimum absolute atomic E-state index is 0.122. The van der Waals surface area contributed by atoms with Gasteiger partial charge in [0, 0.05) is 24.8 Å². The minimum atomic E-state index is -0.479. The summed E-state index contributed by atoms with van der Waals surface area (Å²) in [6.45, 7) is 2.54. The second-order valence-corrected chi connectivity index (χ2v) is 7.23. The fraction of sp³-hybridized carbons (Fsp3) is 0.286.